The predicted octanol–water partition coefficient (Wildman–Crippen LogP) is 2.69. The van der Waals surface area contributed by atoms with Gasteiger partial charge in [-0.05, 0) is 42.9 Å². The largest absolute Gasteiger partial charge is 0.391 e. The van der Waals surface area contributed by atoms with Crippen LogP contribution in [0, 0.1) is 18.7 Å². The number of rotatable bonds is 3. The molecule has 0 aromatic heterocycles. The number of aryl methyl sites for hydroxylation is 1. The van der Waals surface area contributed by atoms with E-state index in [0.717, 1.165) is 18.4 Å². The molecular formula is C14H20FNO. The third-order valence-electron chi connectivity index (χ3n) is 3.82. The number of benzene rings is 1. The Kier molecular flexibility index (Phi) is 3.79. The van der Waals surface area contributed by atoms with Gasteiger partial charge in [0.25, 0.3) is 0 Å². The summed E-state index contributed by atoms with van der Waals surface area (Å²) in [6.45, 7) is 1.72. The number of hydrogen-bond acceptors (Lipinski definition) is 2. The van der Waals surface area contributed by atoms with Gasteiger partial charge < -0.3 is 10.8 Å². The van der Waals surface area contributed by atoms with Gasteiger partial charge in [-0.15, -0.1) is 0 Å². The van der Waals surface area contributed by atoms with Gasteiger partial charge in [0.15, 0.2) is 0 Å². The zero-order chi connectivity index (χ0) is 12.4. The van der Waals surface area contributed by atoms with Gasteiger partial charge in [0.05, 0.1) is 12.1 Å². The highest BCUT2D eigenvalue weighted by atomic mass is 19.1. The summed E-state index contributed by atoms with van der Waals surface area (Å²) < 4.78 is 13.2. The Morgan fingerprint density at radius 2 is 2.00 bits per heavy atom. The van der Waals surface area contributed by atoms with E-state index >= 15 is 0 Å². The third kappa shape index (κ3) is 2.67. The molecule has 1 aromatic carbocycles. The standard InChI is InChI=1S/C14H20FNO/c1-9-8-11(6-7-12(9)15)13(16)14(17)10-4-2-3-5-10/h6-8,10,13-14,17H,2-5,16H2,1H3/t13-,14+/m1/s1. The van der Waals surface area contributed by atoms with E-state index in [9.17, 15) is 9.50 Å². The maximum atomic E-state index is 13.2. The second kappa shape index (κ2) is 5.15. The number of nitrogens with two attached hydrogens (primary N) is 1. The van der Waals surface area contributed by atoms with Crippen LogP contribution in [-0.2, 0) is 0 Å². The van der Waals surface area contributed by atoms with Crippen LogP contribution >= 0.6 is 0 Å². The average Bonchev–Trinajstić information content (AvgIpc) is 2.84. The molecule has 0 bridgehead atoms. The molecule has 2 nitrogen and oxygen atoms in total. The molecular weight excluding hydrogens is 217 g/mol. The molecule has 1 aliphatic carbocycles. The van der Waals surface area contributed by atoms with Crippen LogP contribution in [-0.4, -0.2) is 11.2 Å². The number of halogens is 1. The fourth-order valence-electron chi connectivity index (χ4n) is 2.66. The third-order valence-corrected chi connectivity index (χ3v) is 3.82. The molecule has 0 aliphatic heterocycles. The topological polar surface area (TPSA) is 46.2 Å². The zero-order valence-corrected chi connectivity index (χ0v) is 10.2. The first kappa shape index (κ1) is 12.5. The van der Waals surface area contributed by atoms with Crippen molar-refractivity contribution in [3.8, 4) is 0 Å². The minimum Gasteiger partial charge on any atom is -0.391 e. The van der Waals surface area contributed by atoms with Crippen LogP contribution in [0.4, 0.5) is 4.39 Å². The molecule has 3 heteroatoms. The zero-order valence-electron chi connectivity index (χ0n) is 10.2. The van der Waals surface area contributed by atoms with Gasteiger partial charge in [-0.1, -0.05) is 25.0 Å². The summed E-state index contributed by atoms with van der Waals surface area (Å²) in [4.78, 5) is 0. The van der Waals surface area contributed by atoms with Gasteiger partial charge in [0, 0.05) is 0 Å². The van der Waals surface area contributed by atoms with E-state index in [-0.39, 0.29) is 5.82 Å². The lowest BCUT2D eigenvalue weighted by atomic mass is 9.90. The Labute approximate surface area is 102 Å². The normalized spacial score (nSPS) is 20.5. The number of aliphatic hydroxyl groups is 1. The van der Waals surface area contributed by atoms with Gasteiger partial charge >= 0.3 is 0 Å². The molecule has 3 N–H and O–H groups in total. The molecule has 1 saturated carbocycles. The van der Waals surface area contributed by atoms with Crippen LogP contribution in [0.3, 0.4) is 0 Å². The molecule has 2 atom stereocenters. The Bertz CT molecular complexity index is 388. The highest BCUT2D eigenvalue weighted by Crippen LogP contribution is 2.32. The van der Waals surface area contributed by atoms with E-state index < -0.39 is 12.1 Å². The van der Waals surface area contributed by atoms with Crippen LogP contribution in [0.2, 0.25) is 0 Å². The first-order chi connectivity index (χ1) is 8.09. The van der Waals surface area contributed by atoms with Gasteiger partial charge in [-0.3, -0.25) is 0 Å². The highest BCUT2D eigenvalue weighted by Gasteiger charge is 2.28. The van der Waals surface area contributed by atoms with E-state index in [1.807, 2.05) is 0 Å². The van der Waals surface area contributed by atoms with Crippen molar-refractivity contribution in [2.75, 3.05) is 0 Å². The van der Waals surface area contributed by atoms with Crippen molar-refractivity contribution in [3.05, 3.63) is 35.1 Å². The Balaban J connectivity index is 2.12. The molecule has 1 aliphatic rings. The SMILES string of the molecule is Cc1cc([C@@H](N)[C@@H](O)C2CCCC2)ccc1F. The van der Waals surface area contributed by atoms with Crippen molar-refractivity contribution in [1.29, 1.82) is 0 Å². The maximum absolute atomic E-state index is 13.2. The highest BCUT2D eigenvalue weighted by molar-refractivity contribution is 5.27. The smallest absolute Gasteiger partial charge is 0.126 e. The van der Waals surface area contributed by atoms with Crippen LogP contribution in [0.5, 0.6) is 0 Å². The van der Waals surface area contributed by atoms with Crippen molar-refractivity contribution < 1.29 is 9.50 Å². The Morgan fingerprint density at radius 1 is 1.35 bits per heavy atom. The number of hydrogen-bond donors (Lipinski definition) is 2. The molecule has 17 heavy (non-hydrogen) atoms. The average molecular weight is 237 g/mol. The van der Waals surface area contributed by atoms with E-state index in [2.05, 4.69) is 0 Å². The lowest BCUT2D eigenvalue weighted by molar-refractivity contribution is 0.0844. The Hall–Kier alpha value is -0.930. The molecule has 0 saturated heterocycles. The van der Waals surface area contributed by atoms with Crippen LogP contribution in [0.25, 0.3) is 0 Å². The van der Waals surface area contributed by atoms with E-state index in [0.29, 0.717) is 11.5 Å². The van der Waals surface area contributed by atoms with E-state index in [1.54, 1.807) is 19.1 Å². The van der Waals surface area contributed by atoms with Crippen molar-refractivity contribution >= 4 is 0 Å². The lowest BCUT2D eigenvalue weighted by Gasteiger charge is -2.24. The van der Waals surface area contributed by atoms with E-state index in [4.69, 9.17) is 5.73 Å². The fraction of sp³-hybridized carbons (Fsp3) is 0.571. The molecule has 0 amide bonds. The van der Waals surface area contributed by atoms with Gasteiger partial charge in [0.2, 0.25) is 0 Å². The van der Waals surface area contributed by atoms with Gasteiger partial charge in [0.1, 0.15) is 5.82 Å². The molecule has 0 unspecified atom stereocenters. The first-order valence-electron chi connectivity index (χ1n) is 6.29. The first-order valence-corrected chi connectivity index (χ1v) is 6.29. The summed E-state index contributed by atoms with van der Waals surface area (Å²) in [5, 5.41) is 10.2. The molecule has 0 radical (unpaired) electrons. The van der Waals surface area contributed by atoms with Crippen LogP contribution in [0.1, 0.15) is 42.9 Å². The monoisotopic (exact) mass is 237 g/mol. The molecule has 2 rings (SSSR count). The molecule has 0 spiro atoms. The van der Waals surface area contributed by atoms with Crippen molar-refractivity contribution in [3.63, 3.8) is 0 Å². The Morgan fingerprint density at radius 3 is 2.59 bits per heavy atom. The quantitative estimate of drug-likeness (QED) is 0.849. The summed E-state index contributed by atoms with van der Waals surface area (Å²) >= 11 is 0. The second-order valence-corrected chi connectivity index (χ2v) is 5.07. The maximum Gasteiger partial charge on any atom is 0.126 e. The second-order valence-electron chi connectivity index (χ2n) is 5.07. The van der Waals surface area contributed by atoms with Crippen molar-refractivity contribution in [1.82, 2.24) is 0 Å². The lowest BCUT2D eigenvalue weighted by Crippen LogP contribution is -2.32. The summed E-state index contributed by atoms with van der Waals surface area (Å²) in [5.74, 6) is 0.0756. The minimum absolute atomic E-state index is 0.226. The van der Waals surface area contributed by atoms with Crippen LogP contribution in [0.15, 0.2) is 18.2 Å². The number of aliphatic hydroxyl groups excluding tert-OH is 1. The van der Waals surface area contributed by atoms with Crippen molar-refractivity contribution in [2.24, 2.45) is 11.7 Å². The predicted molar refractivity (Wildman–Crippen MR) is 66.0 cm³/mol. The summed E-state index contributed by atoms with van der Waals surface area (Å²) in [7, 11) is 0. The molecule has 1 fully saturated rings. The molecule has 1 aromatic rings. The van der Waals surface area contributed by atoms with Gasteiger partial charge in [-0.2, -0.15) is 0 Å². The van der Waals surface area contributed by atoms with Crippen molar-refractivity contribution in [2.45, 2.75) is 44.8 Å². The minimum atomic E-state index is -0.512. The van der Waals surface area contributed by atoms with Crippen LogP contribution < -0.4 is 5.73 Å². The fourth-order valence-corrected chi connectivity index (χ4v) is 2.66. The molecule has 0 heterocycles. The van der Waals surface area contributed by atoms with E-state index in [1.165, 1.54) is 18.9 Å². The summed E-state index contributed by atoms with van der Waals surface area (Å²) in [6.07, 6.45) is 3.94. The summed E-state index contributed by atoms with van der Waals surface area (Å²) in [5.41, 5.74) is 7.47. The molecule has 94 valence electrons. The van der Waals surface area contributed by atoms with Gasteiger partial charge in [-0.25, -0.2) is 4.39 Å². The summed E-state index contributed by atoms with van der Waals surface area (Å²) in [6, 6.07) is 4.42.